The van der Waals surface area contributed by atoms with Crippen LogP contribution in [0.15, 0.2) is 37.1 Å². The van der Waals surface area contributed by atoms with Gasteiger partial charge in [-0.25, -0.2) is 0 Å². The highest BCUT2D eigenvalue weighted by Crippen LogP contribution is 2.19. The fourth-order valence-electron chi connectivity index (χ4n) is 1.97. The zero-order valence-corrected chi connectivity index (χ0v) is 8.89. The lowest BCUT2D eigenvalue weighted by Crippen LogP contribution is -2.44. The zero-order valence-electron chi connectivity index (χ0n) is 8.89. The van der Waals surface area contributed by atoms with Crippen LogP contribution in [0.1, 0.15) is 11.7 Å². The number of aromatic nitrogens is 1. The third-order valence-corrected chi connectivity index (χ3v) is 2.76. The van der Waals surface area contributed by atoms with E-state index in [0.717, 1.165) is 31.9 Å². The van der Waals surface area contributed by atoms with Gasteiger partial charge in [-0.15, -0.1) is 6.58 Å². The van der Waals surface area contributed by atoms with Gasteiger partial charge in [-0.1, -0.05) is 12.1 Å². The average Bonchev–Trinajstić information content (AvgIpc) is 2.33. The molecule has 1 aliphatic rings. The van der Waals surface area contributed by atoms with Gasteiger partial charge >= 0.3 is 0 Å². The van der Waals surface area contributed by atoms with Gasteiger partial charge < -0.3 is 5.32 Å². The SMILES string of the molecule is C=C[C@H](c1ccccn1)N1CCNCC1. The molecule has 2 heterocycles. The predicted octanol–water partition coefficient (Wildman–Crippen LogP) is 1.21. The normalized spacial score (nSPS) is 19.7. The molecular formula is C12H17N3. The molecule has 1 saturated heterocycles. The largest absolute Gasteiger partial charge is 0.314 e. The minimum atomic E-state index is 0.258. The van der Waals surface area contributed by atoms with Gasteiger partial charge in [-0.2, -0.15) is 0 Å². The number of nitrogens with one attached hydrogen (secondary N) is 1. The van der Waals surface area contributed by atoms with Crippen LogP contribution >= 0.6 is 0 Å². The lowest BCUT2D eigenvalue weighted by molar-refractivity contribution is 0.200. The molecule has 0 unspecified atom stereocenters. The molecule has 0 radical (unpaired) electrons. The first kappa shape index (κ1) is 10.3. The van der Waals surface area contributed by atoms with E-state index in [1.54, 1.807) is 0 Å². The van der Waals surface area contributed by atoms with Crippen molar-refractivity contribution >= 4 is 0 Å². The van der Waals surface area contributed by atoms with Crippen LogP contribution in [0, 0.1) is 0 Å². The number of hydrogen-bond donors (Lipinski definition) is 1. The van der Waals surface area contributed by atoms with Crippen molar-refractivity contribution in [1.82, 2.24) is 15.2 Å². The molecule has 0 bridgehead atoms. The first-order valence-corrected chi connectivity index (χ1v) is 5.40. The van der Waals surface area contributed by atoms with Gasteiger partial charge in [-0.3, -0.25) is 9.88 Å². The van der Waals surface area contributed by atoms with Crippen molar-refractivity contribution in [3.05, 3.63) is 42.7 Å². The Bertz CT molecular complexity index is 304. The third kappa shape index (κ3) is 2.43. The van der Waals surface area contributed by atoms with Crippen molar-refractivity contribution in [1.29, 1.82) is 0 Å². The maximum absolute atomic E-state index is 4.39. The third-order valence-electron chi connectivity index (χ3n) is 2.76. The molecule has 1 fully saturated rings. The Labute approximate surface area is 90.8 Å². The van der Waals surface area contributed by atoms with Crippen molar-refractivity contribution in [2.75, 3.05) is 26.2 Å². The Morgan fingerprint density at radius 2 is 2.20 bits per heavy atom. The van der Waals surface area contributed by atoms with Crippen LogP contribution in [0.4, 0.5) is 0 Å². The molecule has 1 aromatic rings. The molecule has 3 nitrogen and oxygen atoms in total. The van der Waals surface area contributed by atoms with E-state index >= 15 is 0 Å². The predicted molar refractivity (Wildman–Crippen MR) is 61.6 cm³/mol. The minimum Gasteiger partial charge on any atom is -0.314 e. The Hall–Kier alpha value is -1.19. The zero-order chi connectivity index (χ0) is 10.5. The van der Waals surface area contributed by atoms with E-state index < -0.39 is 0 Å². The lowest BCUT2D eigenvalue weighted by Gasteiger charge is -2.32. The lowest BCUT2D eigenvalue weighted by atomic mass is 10.1. The fraction of sp³-hybridized carbons (Fsp3) is 0.417. The van der Waals surface area contributed by atoms with E-state index in [0.29, 0.717) is 0 Å². The summed E-state index contributed by atoms with van der Waals surface area (Å²) in [5.74, 6) is 0. The van der Waals surface area contributed by atoms with Gasteiger partial charge in [0.2, 0.25) is 0 Å². The Balaban J connectivity index is 2.12. The highest BCUT2D eigenvalue weighted by Gasteiger charge is 2.19. The summed E-state index contributed by atoms with van der Waals surface area (Å²) >= 11 is 0. The topological polar surface area (TPSA) is 28.2 Å². The first-order valence-electron chi connectivity index (χ1n) is 5.40. The standard InChI is InChI=1S/C12H17N3/c1-2-12(11-5-3-4-6-14-11)15-9-7-13-8-10-15/h2-6,12-13H,1,7-10H2/t12-/m1/s1. The summed E-state index contributed by atoms with van der Waals surface area (Å²) < 4.78 is 0. The second kappa shape index (κ2) is 5.05. The van der Waals surface area contributed by atoms with Crippen molar-refractivity contribution in [3.63, 3.8) is 0 Å². The van der Waals surface area contributed by atoms with Gasteiger partial charge in [0.1, 0.15) is 0 Å². The van der Waals surface area contributed by atoms with Gasteiger partial charge in [0.15, 0.2) is 0 Å². The van der Waals surface area contributed by atoms with Gasteiger partial charge in [0, 0.05) is 32.4 Å². The van der Waals surface area contributed by atoms with E-state index in [4.69, 9.17) is 0 Å². The van der Waals surface area contributed by atoms with Crippen molar-refractivity contribution in [2.45, 2.75) is 6.04 Å². The number of piperazine rings is 1. The van der Waals surface area contributed by atoms with Crippen molar-refractivity contribution in [2.24, 2.45) is 0 Å². The molecule has 2 rings (SSSR count). The molecule has 1 N–H and O–H groups in total. The molecule has 0 saturated carbocycles. The maximum Gasteiger partial charge on any atom is 0.0704 e. The van der Waals surface area contributed by atoms with Gasteiger partial charge in [0.25, 0.3) is 0 Å². The quantitative estimate of drug-likeness (QED) is 0.749. The number of rotatable bonds is 3. The van der Waals surface area contributed by atoms with Crippen LogP contribution in [-0.4, -0.2) is 36.1 Å². The monoisotopic (exact) mass is 203 g/mol. The molecule has 0 aromatic carbocycles. The van der Waals surface area contributed by atoms with E-state index in [9.17, 15) is 0 Å². The van der Waals surface area contributed by atoms with Crippen LogP contribution in [0.25, 0.3) is 0 Å². The van der Waals surface area contributed by atoms with Gasteiger partial charge in [-0.05, 0) is 12.1 Å². The van der Waals surface area contributed by atoms with Gasteiger partial charge in [0.05, 0.1) is 11.7 Å². The second-order valence-electron chi connectivity index (χ2n) is 3.72. The highest BCUT2D eigenvalue weighted by atomic mass is 15.2. The van der Waals surface area contributed by atoms with E-state index in [1.165, 1.54) is 0 Å². The van der Waals surface area contributed by atoms with Crippen LogP contribution < -0.4 is 5.32 Å². The summed E-state index contributed by atoms with van der Waals surface area (Å²) in [4.78, 5) is 6.80. The van der Waals surface area contributed by atoms with Crippen LogP contribution in [0.5, 0.6) is 0 Å². The summed E-state index contributed by atoms with van der Waals surface area (Å²) in [6.45, 7) is 8.14. The summed E-state index contributed by atoms with van der Waals surface area (Å²) in [5, 5.41) is 3.35. The second-order valence-corrected chi connectivity index (χ2v) is 3.72. The molecule has 0 amide bonds. The first-order chi connectivity index (χ1) is 7.42. The Kier molecular flexibility index (Phi) is 3.48. The number of nitrogens with zero attached hydrogens (tertiary/aromatic N) is 2. The van der Waals surface area contributed by atoms with Crippen LogP contribution in [0.3, 0.4) is 0 Å². The summed E-state index contributed by atoms with van der Waals surface area (Å²) in [6, 6.07) is 6.30. The van der Waals surface area contributed by atoms with Crippen LogP contribution in [-0.2, 0) is 0 Å². The molecule has 15 heavy (non-hydrogen) atoms. The Morgan fingerprint density at radius 1 is 1.40 bits per heavy atom. The summed E-state index contributed by atoms with van der Waals surface area (Å²) in [5.41, 5.74) is 1.09. The summed E-state index contributed by atoms with van der Waals surface area (Å²) in [6.07, 6.45) is 3.82. The van der Waals surface area contributed by atoms with E-state index in [-0.39, 0.29) is 6.04 Å². The number of hydrogen-bond acceptors (Lipinski definition) is 3. The summed E-state index contributed by atoms with van der Waals surface area (Å²) in [7, 11) is 0. The van der Waals surface area contributed by atoms with E-state index in [2.05, 4.69) is 27.8 Å². The van der Waals surface area contributed by atoms with Crippen molar-refractivity contribution < 1.29 is 0 Å². The molecular weight excluding hydrogens is 186 g/mol. The molecule has 80 valence electrons. The number of pyridine rings is 1. The maximum atomic E-state index is 4.39. The average molecular weight is 203 g/mol. The minimum absolute atomic E-state index is 0.258. The molecule has 3 heteroatoms. The Morgan fingerprint density at radius 3 is 2.80 bits per heavy atom. The molecule has 1 atom stereocenters. The highest BCUT2D eigenvalue weighted by molar-refractivity contribution is 5.14. The van der Waals surface area contributed by atoms with E-state index in [1.807, 2.05) is 24.4 Å². The fourth-order valence-corrected chi connectivity index (χ4v) is 1.97. The van der Waals surface area contributed by atoms with Crippen molar-refractivity contribution in [3.8, 4) is 0 Å². The molecule has 0 aliphatic carbocycles. The van der Waals surface area contributed by atoms with Crippen LogP contribution in [0.2, 0.25) is 0 Å². The molecule has 0 spiro atoms. The molecule has 1 aromatic heterocycles. The smallest absolute Gasteiger partial charge is 0.0704 e. The molecule has 1 aliphatic heterocycles.